The molecule has 4 rings (SSSR count). The Morgan fingerprint density at radius 3 is 1.65 bits per heavy atom. The molecule has 0 atom stereocenters. The number of rotatable bonds is 5. The molecule has 0 nitrogen and oxygen atoms in total. The van der Waals surface area contributed by atoms with E-state index in [-0.39, 0.29) is 0 Å². The molecule has 0 aromatic heterocycles. The fraction of sp³-hybridized carbons (Fsp3) is 0.419. The van der Waals surface area contributed by atoms with Gasteiger partial charge in [0, 0.05) is 5.56 Å². The van der Waals surface area contributed by atoms with Crippen LogP contribution in [-0.2, 0) is 0 Å². The molecule has 31 heavy (non-hydrogen) atoms. The number of hydrogen-bond acceptors (Lipinski definition) is 0. The van der Waals surface area contributed by atoms with Crippen LogP contribution in [-0.4, -0.2) is 0 Å². The minimum Gasteiger partial charge on any atom is -0.115 e. The van der Waals surface area contributed by atoms with Gasteiger partial charge in [-0.1, -0.05) is 66.6 Å². The molecule has 2 fully saturated rings. The van der Waals surface area contributed by atoms with Gasteiger partial charge < -0.3 is 0 Å². The molecular weight excluding hydrogens is 372 g/mol. The maximum atomic E-state index is 5.45. The van der Waals surface area contributed by atoms with Gasteiger partial charge in [0.05, 0.1) is 0 Å². The van der Waals surface area contributed by atoms with Gasteiger partial charge in [-0.25, -0.2) is 0 Å². The molecule has 2 aliphatic rings. The normalized spacial score (nSPS) is 26.8. The van der Waals surface area contributed by atoms with Crippen molar-refractivity contribution in [1.82, 2.24) is 0 Å². The molecule has 0 heteroatoms. The largest absolute Gasteiger partial charge is 0.115 e. The van der Waals surface area contributed by atoms with Crippen LogP contribution >= 0.6 is 0 Å². The summed E-state index contributed by atoms with van der Waals surface area (Å²) in [7, 11) is 0. The summed E-state index contributed by atoms with van der Waals surface area (Å²) in [4.78, 5) is 0. The molecule has 2 aromatic carbocycles. The number of terminal acetylenes is 1. The van der Waals surface area contributed by atoms with Crippen LogP contribution in [0, 0.1) is 36.0 Å². The molecule has 0 N–H and O–H groups in total. The summed E-state index contributed by atoms with van der Waals surface area (Å²) >= 11 is 0. The second-order valence-electron chi connectivity index (χ2n) is 9.58. The summed E-state index contributed by atoms with van der Waals surface area (Å²) in [6.45, 7) is 2.16. The standard InChI is InChI=1S/C31H36/c1-3-5-25-10-18-29(19-11-25)31-22-14-27(15-23-31)7-6-26-12-20-30(21-13-26)28-16-8-24(4-2)9-17-28/h2-3,5-9,12-13,16-17,20-21,25,27,29,31H,10-11,14-15,18-19,22-23H2,1H3/b5-3+,7-6+. The third-order valence-electron chi connectivity index (χ3n) is 7.62. The van der Waals surface area contributed by atoms with Crippen LogP contribution in [0.1, 0.15) is 69.4 Å². The lowest BCUT2D eigenvalue weighted by atomic mass is 9.69. The Morgan fingerprint density at radius 2 is 1.16 bits per heavy atom. The van der Waals surface area contributed by atoms with E-state index in [4.69, 9.17) is 6.42 Å². The number of benzene rings is 2. The van der Waals surface area contributed by atoms with Crippen LogP contribution in [0.25, 0.3) is 17.2 Å². The van der Waals surface area contributed by atoms with Crippen LogP contribution in [0.2, 0.25) is 0 Å². The van der Waals surface area contributed by atoms with E-state index in [1.54, 1.807) is 0 Å². The predicted molar refractivity (Wildman–Crippen MR) is 135 cm³/mol. The van der Waals surface area contributed by atoms with Gasteiger partial charge in [0.2, 0.25) is 0 Å². The van der Waals surface area contributed by atoms with Gasteiger partial charge in [0.15, 0.2) is 0 Å². The van der Waals surface area contributed by atoms with Gasteiger partial charge in [0.1, 0.15) is 0 Å². The highest BCUT2D eigenvalue weighted by molar-refractivity contribution is 5.66. The first-order valence-electron chi connectivity index (χ1n) is 12.2. The van der Waals surface area contributed by atoms with Crippen molar-refractivity contribution in [2.45, 2.75) is 58.3 Å². The molecular formula is C31H36. The van der Waals surface area contributed by atoms with Crippen molar-refractivity contribution in [3.63, 3.8) is 0 Å². The van der Waals surface area contributed by atoms with Crippen LogP contribution < -0.4 is 0 Å². The van der Waals surface area contributed by atoms with E-state index in [1.165, 1.54) is 68.1 Å². The quantitative estimate of drug-likeness (QED) is 0.343. The summed E-state index contributed by atoms with van der Waals surface area (Å²) in [6, 6.07) is 17.1. The molecule has 0 saturated heterocycles. The Hall–Kier alpha value is -2.52. The molecule has 2 aliphatic carbocycles. The van der Waals surface area contributed by atoms with Crippen LogP contribution in [0.4, 0.5) is 0 Å². The molecule has 0 aliphatic heterocycles. The van der Waals surface area contributed by atoms with Gasteiger partial charge in [-0.3, -0.25) is 0 Å². The fourth-order valence-electron chi connectivity index (χ4n) is 5.68. The smallest absolute Gasteiger partial charge is 0.0243 e. The van der Waals surface area contributed by atoms with E-state index < -0.39 is 0 Å². The maximum absolute atomic E-state index is 5.45. The van der Waals surface area contributed by atoms with Gasteiger partial charge in [-0.05, 0) is 111 Å². The number of allylic oxidation sites excluding steroid dienone is 3. The highest BCUT2D eigenvalue weighted by atomic mass is 14.3. The van der Waals surface area contributed by atoms with Crippen LogP contribution in [0.3, 0.4) is 0 Å². The third-order valence-corrected chi connectivity index (χ3v) is 7.62. The minimum atomic E-state index is 0.756. The highest BCUT2D eigenvalue weighted by Gasteiger charge is 2.29. The van der Waals surface area contributed by atoms with E-state index >= 15 is 0 Å². The predicted octanol–water partition coefficient (Wildman–Crippen LogP) is 8.54. The first kappa shape index (κ1) is 21.7. The zero-order valence-electron chi connectivity index (χ0n) is 19.0. The average Bonchev–Trinajstić information content (AvgIpc) is 2.84. The third kappa shape index (κ3) is 5.80. The number of hydrogen-bond donors (Lipinski definition) is 0. The Morgan fingerprint density at radius 1 is 0.677 bits per heavy atom. The lowest BCUT2D eigenvalue weighted by Crippen LogP contribution is -2.25. The van der Waals surface area contributed by atoms with E-state index in [1.807, 2.05) is 12.1 Å². The van der Waals surface area contributed by atoms with Crippen molar-refractivity contribution in [1.29, 1.82) is 0 Å². The SMILES string of the molecule is C#Cc1ccc(-c2ccc(/C=C/C3CCC(C4CCC(/C=C/C)CC4)CC3)cc2)cc1. The van der Waals surface area contributed by atoms with Crippen molar-refractivity contribution in [3.8, 4) is 23.5 Å². The monoisotopic (exact) mass is 408 g/mol. The summed E-state index contributed by atoms with van der Waals surface area (Å²) < 4.78 is 0. The fourth-order valence-corrected chi connectivity index (χ4v) is 5.68. The lowest BCUT2D eigenvalue weighted by molar-refractivity contribution is 0.166. The van der Waals surface area contributed by atoms with Crippen molar-refractivity contribution in [2.24, 2.45) is 23.7 Å². The minimum absolute atomic E-state index is 0.756. The zero-order valence-corrected chi connectivity index (χ0v) is 19.0. The summed E-state index contributed by atoms with van der Waals surface area (Å²) in [6.07, 6.45) is 26.3. The summed E-state index contributed by atoms with van der Waals surface area (Å²) in [5, 5.41) is 0. The second-order valence-corrected chi connectivity index (χ2v) is 9.58. The maximum Gasteiger partial charge on any atom is 0.0243 e. The zero-order chi connectivity index (χ0) is 21.5. The van der Waals surface area contributed by atoms with Gasteiger partial charge in [-0.15, -0.1) is 6.42 Å². The Balaban J connectivity index is 1.26. The summed E-state index contributed by atoms with van der Waals surface area (Å²) in [5.41, 5.74) is 4.69. The van der Waals surface area contributed by atoms with Crippen LogP contribution in [0.5, 0.6) is 0 Å². The topological polar surface area (TPSA) is 0 Å². The molecule has 2 aromatic rings. The first-order valence-corrected chi connectivity index (χ1v) is 12.2. The van der Waals surface area contributed by atoms with E-state index in [0.717, 1.165) is 29.2 Å². The van der Waals surface area contributed by atoms with E-state index in [9.17, 15) is 0 Å². The van der Waals surface area contributed by atoms with Crippen LogP contribution in [0.15, 0.2) is 66.8 Å². The lowest BCUT2D eigenvalue weighted by Gasteiger charge is -2.36. The molecule has 0 radical (unpaired) electrons. The second kappa shape index (κ2) is 10.7. The van der Waals surface area contributed by atoms with Crippen molar-refractivity contribution < 1.29 is 0 Å². The van der Waals surface area contributed by atoms with Gasteiger partial charge in [-0.2, -0.15) is 0 Å². The first-order chi connectivity index (χ1) is 15.2. The molecule has 160 valence electrons. The molecule has 0 amide bonds. The average molecular weight is 409 g/mol. The van der Waals surface area contributed by atoms with Crippen molar-refractivity contribution in [2.75, 3.05) is 0 Å². The highest BCUT2D eigenvalue weighted by Crippen LogP contribution is 2.42. The molecule has 0 unspecified atom stereocenters. The van der Waals surface area contributed by atoms with Crippen molar-refractivity contribution in [3.05, 3.63) is 77.9 Å². The van der Waals surface area contributed by atoms with Gasteiger partial charge in [0.25, 0.3) is 0 Å². The Kier molecular flexibility index (Phi) is 7.48. The van der Waals surface area contributed by atoms with E-state index in [2.05, 4.69) is 73.5 Å². The Bertz CT molecular complexity index is 903. The summed E-state index contributed by atoms with van der Waals surface area (Å²) in [5.74, 6) is 6.27. The molecule has 0 spiro atoms. The molecule has 0 heterocycles. The molecule has 0 bridgehead atoms. The Labute approximate surface area is 189 Å². The molecule has 2 saturated carbocycles. The van der Waals surface area contributed by atoms with Crippen molar-refractivity contribution >= 4 is 6.08 Å². The van der Waals surface area contributed by atoms with Gasteiger partial charge >= 0.3 is 0 Å². The van der Waals surface area contributed by atoms with E-state index in [0.29, 0.717) is 0 Å².